The van der Waals surface area contributed by atoms with Gasteiger partial charge in [-0.15, -0.1) is 0 Å². The summed E-state index contributed by atoms with van der Waals surface area (Å²) >= 11 is 0. The molecule has 0 aliphatic carbocycles. The first-order chi connectivity index (χ1) is 9.12. The predicted octanol–water partition coefficient (Wildman–Crippen LogP) is 2.13. The van der Waals surface area contributed by atoms with E-state index in [1.807, 2.05) is 30.3 Å². The molecule has 0 N–H and O–H groups in total. The zero-order valence-corrected chi connectivity index (χ0v) is 12.1. The van der Waals surface area contributed by atoms with E-state index in [0.717, 1.165) is 18.6 Å². The number of hydrogen-bond donors (Lipinski definition) is 0. The van der Waals surface area contributed by atoms with E-state index in [4.69, 9.17) is 4.74 Å². The summed E-state index contributed by atoms with van der Waals surface area (Å²) in [5.74, 6) is 1.52. The molecule has 0 radical (unpaired) electrons. The van der Waals surface area contributed by atoms with Crippen molar-refractivity contribution in [1.29, 1.82) is 0 Å². The van der Waals surface area contributed by atoms with Crippen LogP contribution >= 0.6 is 0 Å². The van der Waals surface area contributed by atoms with Crippen molar-refractivity contribution >= 4 is 10.0 Å². The molecule has 1 heterocycles. The molecule has 2 rings (SSSR count). The van der Waals surface area contributed by atoms with E-state index in [1.165, 1.54) is 0 Å². The van der Waals surface area contributed by atoms with Crippen LogP contribution in [0, 0.1) is 5.92 Å². The van der Waals surface area contributed by atoms with Crippen LogP contribution in [0.15, 0.2) is 30.3 Å². The van der Waals surface area contributed by atoms with Gasteiger partial charge in [-0.3, -0.25) is 0 Å². The summed E-state index contributed by atoms with van der Waals surface area (Å²) in [6.45, 7) is 3.61. The lowest BCUT2D eigenvalue weighted by atomic mass is 9.99. The lowest BCUT2D eigenvalue weighted by Gasteiger charge is -2.30. The van der Waals surface area contributed by atoms with Gasteiger partial charge < -0.3 is 4.74 Å². The molecule has 1 aliphatic heterocycles. The maximum absolute atomic E-state index is 11.7. The Labute approximate surface area is 115 Å². The van der Waals surface area contributed by atoms with Crippen LogP contribution in [0.25, 0.3) is 0 Å². The number of hydrogen-bond acceptors (Lipinski definition) is 3. The minimum Gasteiger partial charge on any atom is -0.493 e. The van der Waals surface area contributed by atoms with Gasteiger partial charge in [-0.2, -0.15) is 0 Å². The van der Waals surface area contributed by atoms with Crippen LogP contribution in [0.2, 0.25) is 0 Å². The number of sulfonamides is 1. The Bertz CT molecular complexity index is 479. The summed E-state index contributed by atoms with van der Waals surface area (Å²) in [7, 11) is -3.02. The van der Waals surface area contributed by atoms with Gasteiger partial charge in [0.25, 0.3) is 0 Å². The summed E-state index contributed by atoms with van der Waals surface area (Å²) in [6, 6.07) is 9.74. The molecule has 0 unspecified atom stereocenters. The maximum Gasteiger partial charge on any atom is 0.213 e. The van der Waals surface area contributed by atoms with E-state index >= 15 is 0 Å². The van der Waals surface area contributed by atoms with Crippen molar-refractivity contribution in [2.24, 2.45) is 5.92 Å². The molecule has 5 heteroatoms. The van der Waals surface area contributed by atoms with Crippen molar-refractivity contribution in [2.75, 3.05) is 25.4 Å². The maximum atomic E-state index is 11.7. The third-order valence-corrected chi connectivity index (χ3v) is 5.44. The van der Waals surface area contributed by atoms with Crippen LogP contribution < -0.4 is 4.74 Å². The van der Waals surface area contributed by atoms with Gasteiger partial charge in [0.05, 0.1) is 12.4 Å². The molecule has 0 amide bonds. The first-order valence-electron chi connectivity index (χ1n) is 6.77. The highest BCUT2D eigenvalue weighted by atomic mass is 32.2. The molecule has 1 aromatic carbocycles. The van der Waals surface area contributed by atoms with Crippen molar-refractivity contribution in [3.8, 4) is 5.75 Å². The molecule has 0 bridgehead atoms. The normalized spacial score (nSPS) is 18.4. The van der Waals surface area contributed by atoms with E-state index in [2.05, 4.69) is 0 Å². The Balaban J connectivity index is 1.78. The molecule has 1 fully saturated rings. The smallest absolute Gasteiger partial charge is 0.213 e. The molecule has 1 aliphatic rings. The topological polar surface area (TPSA) is 46.6 Å². The zero-order valence-electron chi connectivity index (χ0n) is 11.3. The number of para-hydroxylation sites is 1. The summed E-state index contributed by atoms with van der Waals surface area (Å²) in [6.07, 6.45) is 1.76. The van der Waals surface area contributed by atoms with Gasteiger partial charge in [0.1, 0.15) is 5.75 Å². The van der Waals surface area contributed by atoms with E-state index in [9.17, 15) is 8.42 Å². The Morgan fingerprint density at radius 1 is 1.21 bits per heavy atom. The van der Waals surface area contributed by atoms with E-state index in [0.29, 0.717) is 25.6 Å². The number of rotatable bonds is 5. The molecular formula is C14H21NO3S. The minimum absolute atomic E-state index is 0.193. The standard InChI is InChI=1S/C14H21NO3S/c1-2-19(16,17)15-10-8-13(9-11-15)12-18-14-6-4-3-5-7-14/h3-7,13H,2,8-12H2,1H3. The fourth-order valence-corrected chi connectivity index (χ4v) is 3.40. The quantitative estimate of drug-likeness (QED) is 0.831. The Hall–Kier alpha value is -1.07. The van der Waals surface area contributed by atoms with Gasteiger partial charge in [0, 0.05) is 13.1 Å². The van der Waals surface area contributed by atoms with E-state index in [1.54, 1.807) is 11.2 Å². The van der Waals surface area contributed by atoms with Crippen molar-refractivity contribution in [3.05, 3.63) is 30.3 Å². The predicted molar refractivity (Wildman–Crippen MR) is 75.7 cm³/mol. The van der Waals surface area contributed by atoms with Gasteiger partial charge >= 0.3 is 0 Å². The molecule has 1 aromatic rings. The van der Waals surface area contributed by atoms with E-state index < -0.39 is 10.0 Å². The average Bonchev–Trinajstić information content (AvgIpc) is 2.47. The molecule has 1 saturated heterocycles. The molecule has 106 valence electrons. The summed E-state index contributed by atoms with van der Waals surface area (Å²) < 4.78 is 30.8. The van der Waals surface area contributed by atoms with Crippen LogP contribution in [0.1, 0.15) is 19.8 Å². The van der Waals surface area contributed by atoms with Crippen molar-refractivity contribution < 1.29 is 13.2 Å². The highest BCUT2D eigenvalue weighted by Crippen LogP contribution is 2.21. The lowest BCUT2D eigenvalue weighted by molar-refractivity contribution is 0.185. The van der Waals surface area contributed by atoms with Crippen LogP contribution in [0.3, 0.4) is 0 Å². The molecule has 0 aromatic heterocycles. The number of benzene rings is 1. The van der Waals surface area contributed by atoms with Crippen LogP contribution in [0.4, 0.5) is 0 Å². The number of ether oxygens (including phenoxy) is 1. The Morgan fingerprint density at radius 3 is 2.42 bits per heavy atom. The van der Waals surface area contributed by atoms with Crippen LogP contribution in [0.5, 0.6) is 5.75 Å². The number of piperidine rings is 1. The average molecular weight is 283 g/mol. The van der Waals surface area contributed by atoms with Crippen LogP contribution in [-0.2, 0) is 10.0 Å². The van der Waals surface area contributed by atoms with Crippen molar-refractivity contribution in [3.63, 3.8) is 0 Å². The fraction of sp³-hybridized carbons (Fsp3) is 0.571. The van der Waals surface area contributed by atoms with Gasteiger partial charge in [0.2, 0.25) is 10.0 Å². The Kier molecular flexibility index (Phi) is 4.82. The van der Waals surface area contributed by atoms with Gasteiger partial charge in [-0.1, -0.05) is 18.2 Å². The van der Waals surface area contributed by atoms with E-state index in [-0.39, 0.29) is 5.75 Å². The summed E-state index contributed by atoms with van der Waals surface area (Å²) in [5, 5.41) is 0. The third-order valence-electron chi connectivity index (χ3n) is 3.56. The fourth-order valence-electron chi connectivity index (χ4n) is 2.27. The summed E-state index contributed by atoms with van der Waals surface area (Å²) in [5.41, 5.74) is 0. The van der Waals surface area contributed by atoms with Gasteiger partial charge in [0.15, 0.2) is 0 Å². The molecule has 0 spiro atoms. The molecule has 0 atom stereocenters. The van der Waals surface area contributed by atoms with Crippen molar-refractivity contribution in [1.82, 2.24) is 4.31 Å². The molecular weight excluding hydrogens is 262 g/mol. The summed E-state index contributed by atoms with van der Waals surface area (Å²) in [4.78, 5) is 0. The zero-order chi connectivity index (χ0) is 13.7. The molecule has 0 saturated carbocycles. The third kappa shape index (κ3) is 3.94. The van der Waals surface area contributed by atoms with Gasteiger partial charge in [-0.25, -0.2) is 12.7 Å². The second-order valence-electron chi connectivity index (χ2n) is 4.87. The largest absolute Gasteiger partial charge is 0.493 e. The second kappa shape index (κ2) is 6.39. The van der Waals surface area contributed by atoms with Crippen LogP contribution in [-0.4, -0.2) is 38.2 Å². The first-order valence-corrected chi connectivity index (χ1v) is 8.38. The highest BCUT2D eigenvalue weighted by Gasteiger charge is 2.26. The molecule has 19 heavy (non-hydrogen) atoms. The monoisotopic (exact) mass is 283 g/mol. The molecule has 4 nitrogen and oxygen atoms in total. The first kappa shape index (κ1) is 14.3. The minimum atomic E-state index is -3.02. The Morgan fingerprint density at radius 2 is 1.84 bits per heavy atom. The lowest BCUT2D eigenvalue weighted by Crippen LogP contribution is -2.40. The number of nitrogens with zero attached hydrogens (tertiary/aromatic N) is 1. The highest BCUT2D eigenvalue weighted by molar-refractivity contribution is 7.89. The van der Waals surface area contributed by atoms with Crippen molar-refractivity contribution in [2.45, 2.75) is 19.8 Å². The second-order valence-corrected chi connectivity index (χ2v) is 7.12. The van der Waals surface area contributed by atoms with Gasteiger partial charge in [-0.05, 0) is 37.8 Å². The SMILES string of the molecule is CCS(=O)(=O)N1CCC(COc2ccccc2)CC1.